The number of hydrogen-bond acceptors (Lipinski definition) is 2. The van der Waals surface area contributed by atoms with Crippen molar-refractivity contribution in [3.8, 4) is 0 Å². The summed E-state index contributed by atoms with van der Waals surface area (Å²) in [4.78, 5) is 12.0. The Morgan fingerprint density at radius 2 is 1.71 bits per heavy atom. The maximum Gasteiger partial charge on any atom is 0.124 e. The van der Waals surface area contributed by atoms with E-state index in [0.29, 0.717) is 11.8 Å². The van der Waals surface area contributed by atoms with Crippen molar-refractivity contribution in [2.24, 2.45) is 0 Å². The fourth-order valence-corrected chi connectivity index (χ4v) is 2.63. The topological polar surface area (TPSA) is 26.3 Å². The van der Waals surface area contributed by atoms with E-state index in [1.165, 1.54) is 32.1 Å². The van der Waals surface area contributed by atoms with Crippen molar-refractivity contribution in [2.75, 3.05) is 7.11 Å². The zero-order valence-electron chi connectivity index (χ0n) is 12.3. The van der Waals surface area contributed by atoms with Gasteiger partial charge in [0.1, 0.15) is 13.5 Å². The van der Waals surface area contributed by atoms with Crippen LogP contribution in [0.25, 0.3) is 0 Å². The van der Waals surface area contributed by atoms with Crippen LogP contribution in [0.1, 0.15) is 51.9 Å². The smallest absolute Gasteiger partial charge is 0.124 e. The molecule has 0 aromatic rings. The van der Waals surface area contributed by atoms with Gasteiger partial charge in [-0.1, -0.05) is 58.7 Å². The Morgan fingerprint density at radius 3 is 2.18 bits per heavy atom. The lowest BCUT2D eigenvalue weighted by Crippen LogP contribution is -2.36. The maximum absolute atomic E-state index is 12.0. The van der Waals surface area contributed by atoms with Gasteiger partial charge in [-0.15, -0.1) is 0 Å². The predicted molar refractivity (Wildman–Crippen MR) is 77.1 cm³/mol. The molecule has 0 radical (unpaired) electrons. The summed E-state index contributed by atoms with van der Waals surface area (Å²) < 4.78 is 5.42. The first-order chi connectivity index (χ1) is 7.91. The van der Waals surface area contributed by atoms with Crippen LogP contribution in [0.3, 0.4) is 0 Å². The molecule has 0 aliphatic heterocycles. The van der Waals surface area contributed by atoms with E-state index < -0.39 is 8.07 Å². The third-order valence-electron chi connectivity index (χ3n) is 3.21. The zero-order chi connectivity index (χ0) is 13.3. The quantitative estimate of drug-likeness (QED) is 0.433. The van der Waals surface area contributed by atoms with Crippen LogP contribution in [0.15, 0.2) is 0 Å². The van der Waals surface area contributed by atoms with Gasteiger partial charge in [-0.05, 0) is 6.42 Å². The molecular weight excluding hydrogens is 228 g/mol. The molecule has 0 amide bonds. The molecule has 0 heterocycles. The molecule has 0 bridgehead atoms. The van der Waals surface area contributed by atoms with E-state index in [-0.39, 0.29) is 6.10 Å². The minimum atomic E-state index is -1.62. The number of carbonyl (C=O) groups is 1. The molecule has 0 aliphatic carbocycles. The molecule has 1 atom stereocenters. The first-order valence-electron chi connectivity index (χ1n) is 6.98. The van der Waals surface area contributed by atoms with E-state index in [9.17, 15) is 4.79 Å². The van der Waals surface area contributed by atoms with Crippen LogP contribution >= 0.6 is 0 Å². The highest BCUT2D eigenvalue weighted by molar-refractivity contribution is 7.03. The Kier molecular flexibility index (Phi) is 8.79. The van der Waals surface area contributed by atoms with Crippen molar-refractivity contribution < 1.29 is 9.53 Å². The highest BCUT2D eigenvalue weighted by Crippen LogP contribution is 2.15. The summed E-state index contributed by atoms with van der Waals surface area (Å²) in [6.45, 7) is 8.57. The Labute approximate surface area is 108 Å². The molecule has 0 rings (SSSR count). The molecule has 0 spiro atoms. The largest absolute Gasteiger partial charge is 0.381 e. The maximum atomic E-state index is 12.0. The third kappa shape index (κ3) is 8.55. The zero-order valence-corrected chi connectivity index (χ0v) is 13.3. The lowest BCUT2D eigenvalue weighted by Gasteiger charge is -2.19. The first kappa shape index (κ1) is 16.8. The Bertz CT molecular complexity index is 209. The second kappa shape index (κ2) is 8.87. The van der Waals surface area contributed by atoms with Crippen LogP contribution in [-0.2, 0) is 9.53 Å². The van der Waals surface area contributed by atoms with E-state index in [1.54, 1.807) is 7.11 Å². The molecule has 0 N–H and O–H groups in total. The fraction of sp³-hybridized carbons (Fsp3) is 0.929. The summed E-state index contributed by atoms with van der Waals surface area (Å²) >= 11 is 0. The van der Waals surface area contributed by atoms with Crippen molar-refractivity contribution in [1.82, 2.24) is 0 Å². The molecule has 3 heteroatoms. The Balaban J connectivity index is 3.81. The lowest BCUT2D eigenvalue weighted by molar-refractivity contribution is -0.115. The van der Waals surface area contributed by atoms with Crippen LogP contribution < -0.4 is 0 Å². The first-order valence-corrected chi connectivity index (χ1v) is 10.5. The van der Waals surface area contributed by atoms with Crippen LogP contribution in [0.5, 0.6) is 0 Å². The molecule has 0 aromatic heterocycles. The summed E-state index contributed by atoms with van der Waals surface area (Å²) in [6.07, 6.45) is 8.20. The minimum absolute atomic E-state index is 0.149. The van der Waals surface area contributed by atoms with Gasteiger partial charge in [0.15, 0.2) is 0 Å². The van der Waals surface area contributed by atoms with E-state index in [4.69, 9.17) is 4.74 Å². The lowest BCUT2D eigenvalue weighted by atomic mass is 10.1. The molecule has 17 heavy (non-hydrogen) atoms. The van der Waals surface area contributed by atoms with Crippen LogP contribution in [0.2, 0.25) is 19.6 Å². The van der Waals surface area contributed by atoms with Gasteiger partial charge in [-0.3, -0.25) is 0 Å². The van der Waals surface area contributed by atoms with Gasteiger partial charge in [0, 0.05) is 13.5 Å². The Morgan fingerprint density at radius 1 is 1.12 bits per heavy atom. The standard InChI is InChI=1S/C14H30O2Si/c1-6-7-8-9-10-11-13(16-2)12-14(15)17(3,4)5/h13H,6-12H2,1-5H3/t13-/m1/s1. The summed E-state index contributed by atoms with van der Waals surface area (Å²) in [5.74, 6) is 0. The van der Waals surface area contributed by atoms with E-state index >= 15 is 0 Å². The second-order valence-corrected chi connectivity index (χ2v) is 11.0. The molecule has 102 valence electrons. The number of rotatable bonds is 10. The van der Waals surface area contributed by atoms with Crippen molar-refractivity contribution in [1.29, 1.82) is 0 Å². The van der Waals surface area contributed by atoms with Gasteiger partial charge in [-0.25, -0.2) is 0 Å². The molecule has 0 saturated heterocycles. The molecular formula is C14H30O2Si. The molecule has 0 saturated carbocycles. The van der Waals surface area contributed by atoms with Crippen molar-refractivity contribution in [3.63, 3.8) is 0 Å². The average Bonchev–Trinajstić information content (AvgIpc) is 2.25. The SMILES string of the molecule is CCCCCCC[C@H](CC(=O)[Si](C)(C)C)OC. The average molecular weight is 258 g/mol. The van der Waals surface area contributed by atoms with E-state index in [2.05, 4.69) is 26.6 Å². The summed E-state index contributed by atoms with van der Waals surface area (Å²) in [5, 5.41) is 0.443. The van der Waals surface area contributed by atoms with E-state index in [0.717, 1.165) is 6.42 Å². The highest BCUT2D eigenvalue weighted by atomic mass is 28.3. The van der Waals surface area contributed by atoms with Gasteiger partial charge >= 0.3 is 0 Å². The number of unbranched alkanes of at least 4 members (excludes halogenated alkanes) is 4. The number of methoxy groups -OCH3 is 1. The van der Waals surface area contributed by atoms with Gasteiger partial charge in [-0.2, -0.15) is 0 Å². The molecule has 0 aromatic carbocycles. The van der Waals surface area contributed by atoms with Crippen molar-refractivity contribution >= 4 is 13.5 Å². The normalized spacial score (nSPS) is 13.7. The summed E-state index contributed by atoms with van der Waals surface area (Å²) in [6, 6.07) is 0. The predicted octanol–water partition coefficient (Wildman–Crippen LogP) is 4.20. The molecule has 0 unspecified atom stereocenters. The van der Waals surface area contributed by atoms with E-state index in [1.807, 2.05) is 0 Å². The summed E-state index contributed by atoms with van der Waals surface area (Å²) in [7, 11) is 0.112. The number of ether oxygens (including phenoxy) is 1. The number of hydrogen-bond donors (Lipinski definition) is 0. The van der Waals surface area contributed by atoms with Crippen molar-refractivity contribution in [3.05, 3.63) is 0 Å². The van der Waals surface area contributed by atoms with Crippen LogP contribution in [0.4, 0.5) is 0 Å². The monoisotopic (exact) mass is 258 g/mol. The van der Waals surface area contributed by atoms with Gasteiger partial charge in [0.25, 0.3) is 0 Å². The number of carbonyl (C=O) groups excluding carboxylic acids is 1. The second-order valence-electron chi connectivity index (χ2n) is 5.94. The van der Waals surface area contributed by atoms with Gasteiger partial charge < -0.3 is 9.53 Å². The van der Waals surface area contributed by atoms with Gasteiger partial charge in [0.05, 0.1) is 6.10 Å². The van der Waals surface area contributed by atoms with Crippen LogP contribution in [0, 0.1) is 0 Å². The highest BCUT2D eigenvalue weighted by Gasteiger charge is 2.26. The Hall–Kier alpha value is -0.153. The van der Waals surface area contributed by atoms with Crippen molar-refractivity contribution in [2.45, 2.75) is 77.6 Å². The molecule has 0 fully saturated rings. The van der Waals surface area contributed by atoms with Gasteiger partial charge in [0.2, 0.25) is 0 Å². The van der Waals surface area contributed by atoms with Crippen LogP contribution in [-0.4, -0.2) is 26.7 Å². The molecule has 2 nitrogen and oxygen atoms in total. The minimum Gasteiger partial charge on any atom is -0.381 e. The summed E-state index contributed by atoms with van der Waals surface area (Å²) in [5.41, 5.74) is 0. The fourth-order valence-electron chi connectivity index (χ4n) is 1.79. The molecule has 0 aliphatic rings. The third-order valence-corrected chi connectivity index (χ3v) is 5.09.